The number of fused-ring (bicyclic) bond motifs is 1. The summed E-state index contributed by atoms with van der Waals surface area (Å²) in [6, 6.07) is 4.41. The molecule has 11 heteroatoms. The van der Waals surface area contributed by atoms with E-state index in [1.807, 2.05) is 0 Å². The lowest BCUT2D eigenvalue weighted by atomic mass is 9.86. The molecular weight excluding hydrogens is 472 g/mol. The molecule has 2 heterocycles. The molecular formula is C21H23ClN4O4S2. The molecule has 8 nitrogen and oxygen atoms in total. The Balaban J connectivity index is 1.49. The van der Waals surface area contributed by atoms with Crippen LogP contribution in [-0.4, -0.2) is 41.6 Å². The Hall–Kier alpha value is -2.17. The van der Waals surface area contributed by atoms with Gasteiger partial charge in [-0.1, -0.05) is 49.8 Å². The number of nitrogens with zero attached hydrogens (tertiary/aromatic N) is 3. The van der Waals surface area contributed by atoms with Crippen LogP contribution in [0.3, 0.4) is 0 Å². The van der Waals surface area contributed by atoms with Crippen LogP contribution in [0.5, 0.6) is 5.75 Å². The number of halogens is 1. The van der Waals surface area contributed by atoms with Crippen LogP contribution < -0.4 is 4.18 Å². The predicted molar refractivity (Wildman–Crippen MR) is 128 cm³/mol. The molecule has 1 aromatic carbocycles. The summed E-state index contributed by atoms with van der Waals surface area (Å²) in [5.74, 6) is 0.144. The molecule has 1 aromatic rings. The maximum absolute atomic E-state index is 12.6. The highest BCUT2D eigenvalue weighted by Gasteiger charge is 2.35. The Kier molecular flexibility index (Phi) is 6.73. The molecule has 0 saturated heterocycles. The van der Waals surface area contributed by atoms with E-state index >= 15 is 0 Å². The van der Waals surface area contributed by atoms with Gasteiger partial charge in [0, 0.05) is 0 Å². The minimum atomic E-state index is -3.71. The first-order valence-electron chi connectivity index (χ1n) is 10.4. The van der Waals surface area contributed by atoms with Gasteiger partial charge in [-0.15, -0.1) is 0 Å². The molecule has 0 aromatic heterocycles. The van der Waals surface area contributed by atoms with Gasteiger partial charge in [-0.25, -0.2) is 0 Å². The third-order valence-electron chi connectivity index (χ3n) is 5.50. The molecule has 1 aliphatic carbocycles. The van der Waals surface area contributed by atoms with Crippen LogP contribution in [0.25, 0.3) is 6.08 Å². The normalized spacial score (nSPS) is 20.9. The first-order chi connectivity index (χ1) is 15.2. The van der Waals surface area contributed by atoms with Gasteiger partial charge in [0.05, 0.1) is 16.9 Å². The van der Waals surface area contributed by atoms with E-state index in [4.69, 9.17) is 21.2 Å². The maximum atomic E-state index is 12.6. The number of thioether (sulfide) groups is 1. The SMILES string of the molecule is CS(=O)(=O)Oc1ccc(/C=C2\C(=N)N3N=C(CCC4CCCCC4)SC3=NC2=O)cc1Cl. The standard InChI is InChI=1S/C21H23ClN4O4S2/c1-32(28,29)30-17-9-7-14(12-16(17)22)11-15-19(23)26-21(24-20(15)27)31-18(25-26)10-8-13-5-3-2-4-6-13/h7,9,11-13,23H,2-6,8,10H2,1H3/b15-11+,23-19?. The smallest absolute Gasteiger partial charge is 0.306 e. The van der Waals surface area contributed by atoms with Crippen LogP contribution in [0.2, 0.25) is 5.02 Å². The molecule has 3 aliphatic rings. The van der Waals surface area contributed by atoms with E-state index in [0.29, 0.717) is 10.7 Å². The molecule has 0 radical (unpaired) electrons. The Labute approximate surface area is 196 Å². The van der Waals surface area contributed by atoms with Crippen LogP contribution in [0.4, 0.5) is 0 Å². The fraction of sp³-hybridized carbons (Fsp3) is 0.429. The summed E-state index contributed by atoms with van der Waals surface area (Å²) in [5, 5.41) is 15.8. The lowest BCUT2D eigenvalue weighted by molar-refractivity contribution is -0.114. The molecule has 4 rings (SSSR count). The van der Waals surface area contributed by atoms with Gasteiger partial charge in [-0.2, -0.15) is 23.5 Å². The molecule has 0 atom stereocenters. The summed E-state index contributed by atoms with van der Waals surface area (Å²) >= 11 is 7.46. The second-order valence-electron chi connectivity index (χ2n) is 8.03. The highest BCUT2D eigenvalue weighted by Crippen LogP contribution is 2.34. The average Bonchev–Trinajstić information content (AvgIpc) is 3.14. The molecule has 1 N–H and O–H groups in total. The van der Waals surface area contributed by atoms with E-state index in [2.05, 4.69) is 10.1 Å². The monoisotopic (exact) mass is 494 g/mol. The molecule has 0 bridgehead atoms. The summed E-state index contributed by atoms with van der Waals surface area (Å²) in [4.78, 5) is 16.7. The lowest BCUT2D eigenvalue weighted by Crippen LogP contribution is -2.35. The highest BCUT2D eigenvalue weighted by molar-refractivity contribution is 8.26. The van der Waals surface area contributed by atoms with Gasteiger partial charge in [0.2, 0.25) is 5.17 Å². The average molecular weight is 495 g/mol. The first kappa shape index (κ1) is 23.0. The second kappa shape index (κ2) is 9.36. The Bertz CT molecular complexity index is 1150. The quantitative estimate of drug-likeness (QED) is 0.454. The Morgan fingerprint density at radius 1 is 1.31 bits per heavy atom. The van der Waals surface area contributed by atoms with Crippen molar-refractivity contribution in [1.29, 1.82) is 5.41 Å². The topological polar surface area (TPSA) is 112 Å². The van der Waals surface area contributed by atoms with Crippen molar-refractivity contribution in [3.63, 3.8) is 0 Å². The third kappa shape index (κ3) is 5.41. The van der Waals surface area contributed by atoms with Crippen LogP contribution in [0.1, 0.15) is 50.5 Å². The van der Waals surface area contributed by atoms with Gasteiger partial charge in [0.1, 0.15) is 5.04 Å². The molecule has 32 heavy (non-hydrogen) atoms. The summed E-state index contributed by atoms with van der Waals surface area (Å²) < 4.78 is 27.4. The fourth-order valence-corrected chi connectivity index (χ4v) is 5.59. The van der Waals surface area contributed by atoms with Crippen molar-refractivity contribution < 1.29 is 17.4 Å². The minimum absolute atomic E-state index is 0.00942. The first-order valence-corrected chi connectivity index (χ1v) is 13.4. The number of hydrazone groups is 1. The van der Waals surface area contributed by atoms with Gasteiger partial charge in [0.25, 0.3) is 5.91 Å². The number of hydrogen-bond donors (Lipinski definition) is 1. The number of rotatable bonds is 6. The van der Waals surface area contributed by atoms with Gasteiger partial charge >= 0.3 is 10.1 Å². The van der Waals surface area contributed by atoms with Gasteiger partial charge in [-0.3, -0.25) is 10.2 Å². The Morgan fingerprint density at radius 2 is 2.06 bits per heavy atom. The van der Waals surface area contributed by atoms with Crippen molar-refractivity contribution in [1.82, 2.24) is 5.01 Å². The zero-order valence-electron chi connectivity index (χ0n) is 17.5. The van der Waals surface area contributed by atoms with Gasteiger partial charge < -0.3 is 4.18 Å². The van der Waals surface area contributed by atoms with Gasteiger partial charge in [0.15, 0.2) is 11.6 Å². The molecule has 170 valence electrons. The molecule has 1 fully saturated rings. The van der Waals surface area contributed by atoms with Crippen LogP contribution in [-0.2, 0) is 14.9 Å². The number of carbonyl (C=O) groups excluding carboxylic acids is 1. The molecule has 1 amide bonds. The third-order valence-corrected chi connectivity index (χ3v) is 7.24. The largest absolute Gasteiger partial charge is 0.381 e. The number of hydrogen-bond acceptors (Lipinski definition) is 7. The van der Waals surface area contributed by atoms with Crippen molar-refractivity contribution >= 4 is 61.5 Å². The van der Waals surface area contributed by atoms with E-state index in [0.717, 1.165) is 30.1 Å². The van der Waals surface area contributed by atoms with Gasteiger partial charge in [-0.05, 0) is 54.3 Å². The summed E-state index contributed by atoms with van der Waals surface area (Å²) in [6.45, 7) is 0. The van der Waals surface area contributed by atoms with Crippen molar-refractivity contribution in [2.75, 3.05) is 6.26 Å². The number of aliphatic imine (C=N–C) groups is 1. The highest BCUT2D eigenvalue weighted by atomic mass is 35.5. The van der Waals surface area contributed by atoms with E-state index in [1.54, 1.807) is 6.07 Å². The minimum Gasteiger partial charge on any atom is -0.381 e. The number of carbonyl (C=O) groups is 1. The molecule has 0 unspecified atom stereocenters. The Morgan fingerprint density at radius 3 is 2.75 bits per heavy atom. The van der Waals surface area contributed by atoms with E-state index in [-0.39, 0.29) is 22.2 Å². The van der Waals surface area contributed by atoms with E-state index in [1.165, 1.54) is 67.1 Å². The molecule has 2 aliphatic heterocycles. The molecule has 1 saturated carbocycles. The number of nitrogens with one attached hydrogen (secondary N) is 1. The lowest BCUT2D eigenvalue weighted by Gasteiger charge is -2.20. The second-order valence-corrected chi connectivity index (χ2v) is 11.1. The zero-order valence-corrected chi connectivity index (χ0v) is 19.9. The van der Waals surface area contributed by atoms with Crippen molar-refractivity contribution in [3.8, 4) is 5.75 Å². The van der Waals surface area contributed by atoms with Crippen LogP contribution >= 0.6 is 23.4 Å². The zero-order chi connectivity index (χ0) is 22.9. The summed E-state index contributed by atoms with van der Waals surface area (Å²) in [7, 11) is -3.71. The van der Waals surface area contributed by atoms with Crippen LogP contribution in [0, 0.1) is 11.3 Å². The maximum Gasteiger partial charge on any atom is 0.306 e. The van der Waals surface area contributed by atoms with Crippen LogP contribution in [0.15, 0.2) is 33.9 Å². The fourth-order valence-electron chi connectivity index (χ4n) is 3.94. The summed E-state index contributed by atoms with van der Waals surface area (Å²) in [6.07, 6.45) is 10.7. The van der Waals surface area contributed by atoms with Crippen molar-refractivity contribution in [2.24, 2.45) is 16.0 Å². The van der Waals surface area contributed by atoms with E-state index in [9.17, 15) is 13.2 Å². The summed E-state index contributed by atoms with van der Waals surface area (Å²) in [5.41, 5.74) is 0.593. The number of amides is 1. The number of amidine groups is 2. The molecule has 0 spiro atoms. The number of benzene rings is 1. The van der Waals surface area contributed by atoms with Crippen molar-refractivity contribution in [3.05, 3.63) is 34.4 Å². The predicted octanol–water partition coefficient (Wildman–Crippen LogP) is 4.66. The van der Waals surface area contributed by atoms with Crippen molar-refractivity contribution in [2.45, 2.75) is 44.9 Å². The van der Waals surface area contributed by atoms with E-state index < -0.39 is 16.0 Å².